The first kappa shape index (κ1) is 18.6. The number of hydrogen-bond acceptors (Lipinski definition) is 4. The third kappa shape index (κ3) is 4.53. The van der Waals surface area contributed by atoms with Crippen molar-refractivity contribution in [2.75, 3.05) is 32.8 Å². The van der Waals surface area contributed by atoms with Crippen molar-refractivity contribution in [3.8, 4) is 0 Å². The molecule has 1 amide bonds. The van der Waals surface area contributed by atoms with Crippen LogP contribution in [0.3, 0.4) is 0 Å². The summed E-state index contributed by atoms with van der Waals surface area (Å²) >= 11 is 5.90. The lowest BCUT2D eigenvalue weighted by atomic mass is 10.1. The van der Waals surface area contributed by atoms with Crippen molar-refractivity contribution >= 4 is 27.5 Å². The molecule has 2 saturated heterocycles. The van der Waals surface area contributed by atoms with E-state index in [2.05, 4.69) is 0 Å². The fourth-order valence-corrected chi connectivity index (χ4v) is 4.99. The van der Waals surface area contributed by atoms with Crippen LogP contribution in [0.5, 0.6) is 0 Å². The minimum absolute atomic E-state index is 0.0790. The number of amides is 1. The summed E-state index contributed by atoms with van der Waals surface area (Å²) in [6.07, 6.45) is 3.51. The van der Waals surface area contributed by atoms with E-state index in [-0.39, 0.29) is 16.9 Å². The molecule has 2 aliphatic heterocycles. The maximum Gasteiger partial charge on any atom is 0.243 e. The molecule has 0 aliphatic carbocycles. The average molecular weight is 387 g/mol. The van der Waals surface area contributed by atoms with Crippen molar-refractivity contribution < 1.29 is 17.9 Å². The largest absolute Gasteiger partial charge is 0.378 e. The van der Waals surface area contributed by atoms with Crippen LogP contribution in [0.4, 0.5) is 0 Å². The predicted octanol–water partition coefficient (Wildman–Crippen LogP) is 2.13. The highest BCUT2D eigenvalue weighted by Gasteiger charge is 2.30. The number of rotatable bonds is 5. The predicted molar refractivity (Wildman–Crippen MR) is 95.0 cm³/mol. The number of piperazine rings is 1. The Morgan fingerprint density at radius 2 is 2.00 bits per heavy atom. The number of sulfonamides is 1. The number of benzene rings is 1. The number of nitrogens with zero attached hydrogens (tertiary/aromatic N) is 2. The van der Waals surface area contributed by atoms with Crippen LogP contribution in [0.1, 0.15) is 25.7 Å². The molecule has 0 N–H and O–H groups in total. The van der Waals surface area contributed by atoms with Crippen LogP contribution in [-0.2, 0) is 19.6 Å². The third-order valence-electron chi connectivity index (χ3n) is 4.73. The molecule has 138 valence electrons. The molecule has 0 spiro atoms. The van der Waals surface area contributed by atoms with E-state index in [1.807, 2.05) is 0 Å². The molecule has 1 aromatic carbocycles. The van der Waals surface area contributed by atoms with Gasteiger partial charge in [-0.3, -0.25) is 4.79 Å². The molecule has 8 heteroatoms. The Balaban J connectivity index is 1.53. The molecule has 3 rings (SSSR count). The lowest BCUT2D eigenvalue weighted by Gasteiger charge is -2.34. The molecule has 6 nitrogen and oxygen atoms in total. The van der Waals surface area contributed by atoms with E-state index in [1.54, 1.807) is 23.1 Å². The fourth-order valence-electron chi connectivity index (χ4n) is 3.27. The minimum Gasteiger partial charge on any atom is -0.378 e. The summed E-state index contributed by atoms with van der Waals surface area (Å²) in [6, 6.07) is 6.27. The molecule has 1 atom stereocenters. The Kier molecular flexibility index (Phi) is 5.99. The normalized spacial score (nSPS) is 22.3. The second kappa shape index (κ2) is 8.03. The molecule has 0 radical (unpaired) electrons. The number of carbonyl (C=O) groups excluding carboxylic acids is 1. The van der Waals surface area contributed by atoms with Crippen LogP contribution in [-0.4, -0.2) is 62.4 Å². The van der Waals surface area contributed by atoms with E-state index in [9.17, 15) is 13.2 Å². The molecule has 0 saturated carbocycles. The van der Waals surface area contributed by atoms with Crippen LogP contribution in [0.15, 0.2) is 29.2 Å². The summed E-state index contributed by atoms with van der Waals surface area (Å²) in [7, 11) is -3.57. The smallest absolute Gasteiger partial charge is 0.243 e. The van der Waals surface area contributed by atoms with Gasteiger partial charge < -0.3 is 9.64 Å². The van der Waals surface area contributed by atoms with Crippen molar-refractivity contribution in [2.24, 2.45) is 0 Å². The Morgan fingerprint density at radius 1 is 1.24 bits per heavy atom. The average Bonchev–Trinajstić information content (AvgIpc) is 3.13. The summed E-state index contributed by atoms with van der Waals surface area (Å²) in [5.41, 5.74) is 0. The van der Waals surface area contributed by atoms with Gasteiger partial charge >= 0.3 is 0 Å². The van der Waals surface area contributed by atoms with Gasteiger partial charge in [0.05, 0.1) is 11.0 Å². The molecule has 1 unspecified atom stereocenters. The molecule has 2 heterocycles. The van der Waals surface area contributed by atoms with Gasteiger partial charge in [0.25, 0.3) is 0 Å². The molecule has 25 heavy (non-hydrogen) atoms. The Morgan fingerprint density at radius 3 is 2.64 bits per heavy atom. The van der Waals surface area contributed by atoms with Gasteiger partial charge in [-0.1, -0.05) is 17.7 Å². The second-order valence-corrected chi connectivity index (χ2v) is 8.79. The zero-order chi connectivity index (χ0) is 17.9. The van der Waals surface area contributed by atoms with Crippen molar-refractivity contribution in [1.29, 1.82) is 0 Å². The topological polar surface area (TPSA) is 66.9 Å². The molecule has 0 aromatic heterocycles. The van der Waals surface area contributed by atoms with Gasteiger partial charge in [0, 0.05) is 44.2 Å². The Bertz CT molecular complexity index is 711. The van der Waals surface area contributed by atoms with E-state index in [0.717, 1.165) is 25.9 Å². The summed E-state index contributed by atoms with van der Waals surface area (Å²) in [6.45, 7) is 2.24. The van der Waals surface area contributed by atoms with Gasteiger partial charge in [-0.25, -0.2) is 8.42 Å². The van der Waals surface area contributed by atoms with Crippen molar-refractivity contribution in [3.63, 3.8) is 0 Å². The highest BCUT2D eigenvalue weighted by Crippen LogP contribution is 2.22. The number of carbonyl (C=O) groups is 1. The van der Waals surface area contributed by atoms with Crippen LogP contribution in [0.25, 0.3) is 0 Å². The quantitative estimate of drug-likeness (QED) is 0.777. The zero-order valence-electron chi connectivity index (χ0n) is 14.1. The highest BCUT2D eigenvalue weighted by molar-refractivity contribution is 7.89. The maximum absolute atomic E-state index is 12.7. The first-order valence-corrected chi connectivity index (χ1v) is 10.4. The van der Waals surface area contributed by atoms with Crippen molar-refractivity contribution in [2.45, 2.75) is 36.7 Å². The van der Waals surface area contributed by atoms with Crippen molar-refractivity contribution in [3.05, 3.63) is 29.3 Å². The third-order valence-corrected chi connectivity index (χ3v) is 6.86. The fraction of sp³-hybridized carbons (Fsp3) is 0.588. The van der Waals surface area contributed by atoms with Crippen LogP contribution < -0.4 is 0 Å². The summed E-state index contributed by atoms with van der Waals surface area (Å²) in [5, 5.41) is 0.393. The van der Waals surface area contributed by atoms with Crippen LogP contribution >= 0.6 is 11.6 Å². The molecule has 2 fully saturated rings. The van der Waals surface area contributed by atoms with Gasteiger partial charge in [-0.15, -0.1) is 0 Å². The Hall–Kier alpha value is -1.15. The number of ether oxygens (including phenoxy) is 1. The Labute approximate surface area is 153 Å². The molecular formula is C17H23ClN2O4S. The lowest BCUT2D eigenvalue weighted by Crippen LogP contribution is -2.50. The van der Waals surface area contributed by atoms with E-state index < -0.39 is 10.0 Å². The molecule has 1 aromatic rings. The highest BCUT2D eigenvalue weighted by atomic mass is 35.5. The van der Waals surface area contributed by atoms with Gasteiger partial charge in [0.15, 0.2) is 0 Å². The van der Waals surface area contributed by atoms with E-state index in [1.165, 1.54) is 10.4 Å². The maximum atomic E-state index is 12.7. The number of hydrogen-bond donors (Lipinski definition) is 0. The lowest BCUT2D eigenvalue weighted by molar-refractivity contribution is -0.133. The van der Waals surface area contributed by atoms with Gasteiger partial charge in [-0.2, -0.15) is 4.31 Å². The number of halogens is 1. The van der Waals surface area contributed by atoms with E-state index >= 15 is 0 Å². The van der Waals surface area contributed by atoms with E-state index in [4.69, 9.17) is 16.3 Å². The van der Waals surface area contributed by atoms with Crippen LogP contribution in [0, 0.1) is 0 Å². The zero-order valence-corrected chi connectivity index (χ0v) is 15.6. The van der Waals surface area contributed by atoms with Crippen LogP contribution in [0.2, 0.25) is 5.02 Å². The van der Waals surface area contributed by atoms with Gasteiger partial charge in [0.2, 0.25) is 15.9 Å². The minimum atomic E-state index is -3.57. The molecular weight excluding hydrogens is 364 g/mol. The molecule has 0 bridgehead atoms. The monoisotopic (exact) mass is 386 g/mol. The standard InChI is InChI=1S/C17H23ClN2O4S/c18-14-3-1-5-16(13-14)25(22,23)20-10-8-19(9-11-20)17(21)7-6-15-4-2-12-24-15/h1,3,5,13,15H,2,4,6-12H2. The summed E-state index contributed by atoms with van der Waals surface area (Å²) < 4.78 is 32.3. The first-order valence-electron chi connectivity index (χ1n) is 8.62. The first-order chi connectivity index (χ1) is 12.0. The molecule has 2 aliphatic rings. The second-order valence-electron chi connectivity index (χ2n) is 6.42. The SMILES string of the molecule is O=C(CCC1CCCO1)N1CCN(S(=O)(=O)c2cccc(Cl)c2)CC1. The summed E-state index contributed by atoms with van der Waals surface area (Å²) in [5.74, 6) is 0.0790. The van der Waals surface area contributed by atoms with Crippen molar-refractivity contribution in [1.82, 2.24) is 9.21 Å². The summed E-state index contributed by atoms with van der Waals surface area (Å²) in [4.78, 5) is 14.3. The van der Waals surface area contributed by atoms with Gasteiger partial charge in [0.1, 0.15) is 0 Å². The van der Waals surface area contributed by atoms with Gasteiger partial charge in [-0.05, 0) is 37.5 Å². The van der Waals surface area contributed by atoms with E-state index in [0.29, 0.717) is 37.6 Å².